The first kappa shape index (κ1) is 19.5. The number of nitrogens with one attached hydrogen (secondary N) is 1. The molecule has 1 atom stereocenters. The molecule has 0 saturated carbocycles. The van der Waals surface area contributed by atoms with Gasteiger partial charge >= 0.3 is 0 Å². The third-order valence-electron chi connectivity index (χ3n) is 4.59. The fourth-order valence-electron chi connectivity index (χ4n) is 3.09. The molecule has 0 radical (unpaired) electrons. The average molecular weight is 376 g/mol. The van der Waals surface area contributed by atoms with E-state index < -0.39 is 5.56 Å². The van der Waals surface area contributed by atoms with Gasteiger partial charge < -0.3 is 14.8 Å². The molecule has 0 spiro atoms. The molecule has 0 unspecified atom stereocenters. The number of benzene rings is 2. The van der Waals surface area contributed by atoms with Gasteiger partial charge in [0.15, 0.2) is 0 Å². The number of aromatic nitrogens is 2. The molecule has 1 heterocycles. The molecule has 0 saturated heterocycles. The van der Waals surface area contributed by atoms with Gasteiger partial charge in [-0.2, -0.15) is 0 Å². The highest BCUT2D eigenvalue weighted by Gasteiger charge is 2.25. The predicted octanol–water partition coefficient (Wildman–Crippen LogP) is 2.81. The largest absolute Gasteiger partial charge is 0.333 e. The number of likely N-dealkylation sites (N-methyl/N-ethyl adjacent to an activating group) is 2. The molecule has 6 nitrogen and oxygen atoms in total. The van der Waals surface area contributed by atoms with Crippen LogP contribution in [0.25, 0.3) is 11.4 Å². The van der Waals surface area contributed by atoms with Gasteiger partial charge in [-0.1, -0.05) is 60.7 Å². The van der Waals surface area contributed by atoms with E-state index in [4.69, 9.17) is 0 Å². The number of hydrogen-bond acceptors (Lipinski definition) is 4. The van der Waals surface area contributed by atoms with Gasteiger partial charge in [-0.25, -0.2) is 4.98 Å². The average Bonchev–Trinajstić information content (AvgIpc) is 2.72. The number of hydrogen-bond donors (Lipinski definition) is 1. The minimum atomic E-state index is -0.442. The lowest BCUT2D eigenvalue weighted by atomic mass is 10.0. The second-order valence-electron chi connectivity index (χ2n) is 6.95. The lowest BCUT2D eigenvalue weighted by molar-refractivity contribution is 0.0703. The van der Waals surface area contributed by atoms with Crippen LogP contribution < -0.4 is 5.56 Å². The van der Waals surface area contributed by atoms with Crippen LogP contribution in [0.15, 0.2) is 71.7 Å². The van der Waals surface area contributed by atoms with Crippen molar-refractivity contribution < 1.29 is 4.79 Å². The summed E-state index contributed by atoms with van der Waals surface area (Å²) in [4.78, 5) is 36.3. The summed E-state index contributed by atoms with van der Waals surface area (Å²) in [5.41, 5.74) is 1.39. The summed E-state index contributed by atoms with van der Waals surface area (Å²) >= 11 is 0. The molecule has 2 aromatic carbocycles. The van der Waals surface area contributed by atoms with Crippen LogP contribution in [-0.2, 0) is 0 Å². The number of rotatable bonds is 6. The number of amides is 1. The van der Waals surface area contributed by atoms with Gasteiger partial charge in [0.2, 0.25) is 0 Å². The van der Waals surface area contributed by atoms with Crippen molar-refractivity contribution in [3.05, 3.63) is 88.3 Å². The molecular formula is C22H24N4O2. The van der Waals surface area contributed by atoms with Gasteiger partial charge in [0.1, 0.15) is 11.4 Å². The van der Waals surface area contributed by atoms with Crippen molar-refractivity contribution in [2.75, 3.05) is 27.7 Å². The van der Waals surface area contributed by atoms with Crippen molar-refractivity contribution in [1.82, 2.24) is 19.8 Å². The Morgan fingerprint density at radius 3 is 2.18 bits per heavy atom. The Labute approximate surface area is 164 Å². The summed E-state index contributed by atoms with van der Waals surface area (Å²) in [6.45, 7) is 0.639. The Morgan fingerprint density at radius 2 is 1.61 bits per heavy atom. The van der Waals surface area contributed by atoms with Crippen LogP contribution in [0.5, 0.6) is 0 Å². The van der Waals surface area contributed by atoms with Crippen LogP contribution in [-0.4, -0.2) is 53.4 Å². The molecule has 3 rings (SSSR count). The highest BCUT2D eigenvalue weighted by Crippen LogP contribution is 2.21. The smallest absolute Gasteiger partial charge is 0.264 e. The van der Waals surface area contributed by atoms with Crippen LogP contribution in [0.4, 0.5) is 0 Å². The van der Waals surface area contributed by atoms with Crippen molar-refractivity contribution in [2.24, 2.45) is 0 Å². The highest BCUT2D eigenvalue weighted by atomic mass is 16.2. The zero-order chi connectivity index (χ0) is 20.1. The van der Waals surface area contributed by atoms with Crippen LogP contribution >= 0.6 is 0 Å². The van der Waals surface area contributed by atoms with Crippen LogP contribution in [0.2, 0.25) is 0 Å². The fourth-order valence-corrected chi connectivity index (χ4v) is 3.09. The summed E-state index contributed by atoms with van der Waals surface area (Å²) in [7, 11) is 5.63. The molecule has 28 heavy (non-hydrogen) atoms. The maximum atomic E-state index is 13.1. The highest BCUT2D eigenvalue weighted by molar-refractivity contribution is 5.93. The summed E-state index contributed by atoms with van der Waals surface area (Å²) < 4.78 is 0. The Bertz CT molecular complexity index is 984. The standard InChI is InChI=1S/C22H24N4O2/c1-25(2)15-19(16-10-6-4-7-11-16)26(3)22(28)18-14-23-20(24-21(18)27)17-12-8-5-9-13-17/h4-14,19H,15H2,1-3H3,(H,23,24,27)/t19-/m1/s1. The van der Waals surface area contributed by atoms with E-state index >= 15 is 0 Å². The molecule has 0 aliphatic heterocycles. The summed E-state index contributed by atoms with van der Waals surface area (Å²) in [5, 5.41) is 0. The summed E-state index contributed by atoms with van der Waals surface area (Å²) in [6.07, 6.45) is 1.36. The van der Waals surface area contributed by atoms with E-state index in [9.17, 15) is 9.59 Å². The molecule has 6 heteroatoms. The predicted molar refractivity (Wildman–Crippen MR) is 110 cm³/mol. The normalized spacial score (nSPS) is 12.0. The van der Waals surface area contributed by atoms with Gasteiger partial charge in [0.05, 0.1) is 6.04 Å². The molecule has 1 amide bonds. The molecule has 0 aliphatic rings. The minimum Gasteiger partial charge on any atom is -0.333 e. The third-order valence-corrected chi connectivity index (χ3v) is 4.59. The lowest BCUT2D eigenvalue weighted by Gasteiger charge is -2.30. The summed E-state index contributed by atoms with van der Waals surface area (Å²) in [5.74, 6) is 0.0850. The minimum absolute atomic E-state index is 0.0295. The Morgan fingerprint density at radius 1 is 1.00 bits per heavy atom. The number of nitrogens with zero attached hydrogens (tertiary/aromatic N) is 3. The van der Waals surface area contributed by atoms with E-state index in [1.54, 1.807) is 11.9 Å². The second-order valence-corrected chi connectivity index (χ2v) is 6.95. The van der Waals surface area contributed by atoms with Crippen molar-refractivity contribution in [3.63, 3.8) is 0 Å². The van der Waals surface area contributed by atoms with E-state index in [-0.39, 0.29) is 17.5 Å². The fraction of sp³-hybridized carbons (Fsp3) is 0.227. The zero-order valence-electron chi connectivity index (χ0n) is 16.3. The lowest BCUT2D eigenvalue weighted by Crippen LogP contribution is -2.39. The van der Waals surface area contributed by atoms with Crippen molar-refractivity contribution >= 4 is 5.91 Å². The Kier molecular flexibility index (Phi) is 6.01. The van der Waals surface area contributed by atoms with Gasteiger partial charge in [-0.15, -0.1) is 0 Å². The van der Waals surface area contributed by atoms with E-state index in [1.807, 2.05) is 79.7 Å². The van der Waals surface area contributed by atoms with Crippen LogP contribution in [0.3, 0.4) is 0 Å². The first-order valence-electron chi connectivity index (χ1n) is 9.09. The summed E-state index contributed by atoms with van der Waals surface area (Å²) in [6, 6.07) is 19.0. The third kappa shape index (κ3) is 4.35. The molecule has 1 N–H and O–H groups in total. The SMILES string of the molecule is CN(C)C[C@H](c1ccccc1)N(C)C(=O)c1cnc(-c2ccccc2)[nH]c1=O. The van der Waals surface area contributed by atoms with Crippen molar-refractivity contribution in [1.29, 1.82) is 0 Å². The number of carbonyl (C=O) groups is 1. The number of H-pyrrole nitrogens is 1. The monoisotopic (exact) mass is 376 g/mol. The zero-order valence-corrected chi connectivity index (χ0v) is 16.3. The number of aromatic amines is 1. The molecule has 0 bridgehead atoms. The molecule has 0 aliphatic carbocycles. The van der Waals surface area contributed by atoms with Gasteiger partial charge in [-0.3, -0.25) is 9.59 Å². The van der Waals surface area contributed by atoms with Gasteiger partial charge in [-0.05, 0) is 19.7 Å². The molecule has 144 valence electrons. The maximum Gasteiger partial charge on any atom is 0.264 e. The molecule has 1 aromatic heterocycles. The van der Waals surface area contributed by atoms with Crippen molar-refractivity contribution in [2.45, 2.75) is 6.04 Å². The number of carbonyl (C=O) groups excluding carboxylic acids is 1. The van der Waals surface area contributed by atoms with E-state index in [0.29, 0.717) is 12.4 Å². The van der Waals surface area contributed by atoms with E-state index in [1.165, 1.54) is 6.20 Å². The molecule has 3 aromatic rings. The molecular weight excluding hydrogens is 352 g/mol. The first-order chi connectivity index (χ1) is 13.5. The molecule has 0 fully saturated rings. The van der Waals surface area contributed by atoms with E-state index in [0.717, 1.165) is 11.1 Å². The van der Waals surface area contributed by atoms with Crippen LogP contribution in [0, 0.1) is 0 Å². The van der Waals surface area contributed by atoms with Gasteiger partial charge in [0, 0.05) is 25.4 Å². The maximum absolute atomic E-state index is 13.1. The van der Waals surface area contributed by atoms with Gasteiger partial charge in [0.25, 0.3) is 11.5 Å². The van der Waals surface area contributed by atoms with E-state index in [2.05, 4.69) is 9.97 Å². The van der Waals surface area contributed by atoms with Crippen molar-refractivity contribution in [3.8, 4) is 11.4 Å². The van der Waals surface area contributed by atoms with Crippen LogP contribution in [0.1, 0.15) is 22.0 Å². The first-order valence-corrected chi connectivity index (χ1v) is 9.09. The Hall–Kier alpha value is -3.25. The Balaban J connectivity index is 1.90. The quantitative estimate of drug-likeness (QED) is 0.718. The topological polar surface area (TPSA) is 69.3 Å². The second kappa shape index (κ2) is 8.63.